The van der Waals surface area contributed by atoms with Gasteiger partial charge >= 0.3 is 0 Å². The van der Waals surface area contributed by atoms with Gasteiger partial charge in [0.1, 0.15) is 0 Å². The molecule has 1 unspecified atom stereocenters. The van der Waals surface area contributed by atoms with Crippen LogP contribution in [0.15, 0.2) is 0 Å². The van der Waals surface area contributed by atoms with E-state index in [1.807, 2.05) is 0 Å². The van der Waals surface area contributed by atoms with Crippen molar-refractivity contribution >= 4 is 11.8 Å². The summed E-state index contributed by atoms with van der Waals surface area (Å²) in [4.78, 5) is 21.6. The zero-order valence-corrected chi connectivity index (χ0v) is 6.71. The van der Waals surface area contributed by atoms with E-state index in [4.69, 9.17) is 16.2 Å². The Bertz CT molecular complexity index is 209. The normalized spacial score (nSPS) is 28.7. The van der Waals surface area contributed by atoms with Gasteiger partial charge in [-0.1, -0.05) is 0 Å². The average Bonchev–Trinajstić information content (AvgIpc) is 2.35. The fourth-order valence-electron chi connectivity index (χ4n) is 1.36. The largest absolute Gasteiger partial charge is 0.380 e. The summed E-state index contributed by atoms with van der Waals surface area (Å²) in [5.41, 5.74) is 9.31. The van der Waals surface area contributed by atoms with E-state index in [0.29, 0.717) is 13.0 Å². The Balaban J connectivity index is 2.72. The molecular formula is C7H12N2O3. The van der Waals surface area contributed by atoms with Crippen LogP contribution in [-0.2, 0) is 14.3 Å². The maximum absolute atomic E-state index is 11.0. The second kappa shape index (κ2) is 3.10. The van der Waals surface area contributed by atoms with E-state index in [2.05, 4.69) is 0 Å². The van der Waals surface area contributed by atoms with E-state index >= 15 is 0 Å². The molecule has 1 atom stereocenters. The lowest BCUT2D eigenvalue weighted by molar-refractivity contribution is -0.133. The smallest absolute Gasteiger partial charge is 0.226 e. The molecule has 0 radical (unpaired) electrons. The van der Waals surface area contributed by atoms with Gasteiger partial charge in [-0.2, -0.15) is 0 Å². The fraction of sp³-hybridized carbons (Fsp3) is 0.714. The number of nitrogens with two attached hydrogens (primary N) is 2. The summed E-state index contributed by atoms with van der Waals surface area (Å²) < 4.78 is 5.01. The molecule has 0 bridgehead atoms. The molecule has 0 aromatic rings. The summed E-state index contributed by atoms with van der Waals surface area (Å²) in [6.07, 6.45) is 0.480. The molecule has 1 saturated heterocycles. The van der Waals surface area contributed by atoms with Crippen molar-refractivity contribution in [1.82, 2.24) is 0 Å². The minimum atomic E-state index is -0.841. The van der Waals surface area contributed by atoms with Crippen molar-refractivity contribution in [2.24, 2.45) is 16.9 Å². The van der Waals surface area contributed by atoms with Gasteiger partial charge in [-0.15, -0.1) is 0 Å². The first-order chi connectivity index (χ1) is 5.57. The van der Waals surface area contributed by atoms with Crippen LogP contribution in [0.4, 0.5) is 0 Å². The predicted molar refractivity (Wildman–Crippen MR) is 40.9 cm³/mol. The summed E-state index contributed by atoms with van der Waals surface area (Å²) >= 11 is 0. The highest BCUT2D eigenvalue weighted by molar-refractivity contribution is 5.87. The molecule has 1 rings (SSSR count). The summed E-state index contributed by atoms with van der Waals surface area (Å²) in [7, 11) is 0. The van der Waals surface area contributed by atoms with Gasteiger partial charge in [0.2, 0.25) is 11.8 Å². The van der Waals surface area contributed by atoms with Crippen molar-refractivity contribution in [3.05, 3.63) is 0 Å². The summed E-state index contributed by atoms with van der Waals surface area (Å²) in [6, 6.07) is 0. The molecule has 1 aliphatic rings. The molecule has 1 fully saturated rings. The van der Waals surface area contributed by atoms with Crippen LogP contribution in [0.25, 0.3) is 0 Å². The van der Waals surface area contributed by atoms with Gasteiger partial charge in [-0.25, -0.2) is 0 Å². The van der Waals surface area contributed by atoms with Gasteiger partial charge < -0.3 is 16.2 Å². The van der Waals surface area contributed by atoms with Crippen molar-refractivity contribution < 1.29 is 14.3 Å². The Hall–Kier alpha value is -1.10. The van der Waals surface area contributed by atoms with E-state index in [9.17, 15) is 9.59 Å². The standard InChI is InChI=1S/C7H12N2O3/c8-5(10)3-7(6(9)11)1-2-12-4-7/h1-4H2,(H2,8,10)(H2,9,11). The average molecular weight is 172 g/mol. The van der Waals surface area contributed by atoms with E-state index in [0.717, 1.165) is 0 Å². The minimum absolute atomic E-state index is 0.0116. The molecule has 0 aromatic carbocycles. The third kappa shape index (κ3) is 1.55. The molecule has 5 heteroatoms. The zero-order chi connectivity index (χ0) is 9.19. The second-order valence-corrected chi connectivity index (χ2v) is 3.09. The number of hydrogen-bond acceptors (Lipinski definition) is 3. The van der Waals surface area contributed by atoms with Crippen LogP contribution in [-0.4, -0.2) is 25.0 Å². The number of ether oxygens (including phenoxy) is 1. The van der Waals surface area contributed by atoms with Crippen LogP contribution >= 0.6 is 0 Å². The van der Waals surface area contributed by atoms with E-state index < -0.39 is 17.2 Å². The number of hydrogen-bond donors (Lipinski definition) is 2. The molecule has 12 heavy (non-hydrogen) atoms. The number of amides is 2. The SMILES string of the molecule is NC(=O)CC1(C(N)=O)CCOC1. The Labute approximate surface area is 70.0 Å². The quantitative estimate of drug-likeness (QED) is 0.557. The highest BCUT2D eigenvalue weighted by atomic mass is 16.5. The highest BCUT2D eigenvalue weighted by Gasteiger charge is 2.41. The summed E-state index contributed by atoms with van der Waals surface area (Å²) in [6.45, 7) is 0.682. The maximum atomic E-state index is 11.0. The molecule has 0 spiro atoms. The van der Waals surface area contributed by atoms with E-state index in [-0.39, 0.29) is 13.0 Å². The van der Waals surface area contributed by atoms with Crippen molar-refractivity contribution in [2.45, 2.75) is 12.8 Å². The molecule has 1 aliphatic heterocycles. The van der Waals surface area contributed by atoms with Crippen molar-refractivity contribution in [3.8, 4) is 0 Å². The van der Waals surface area contributed by atoms with Crippen molar-refractivity contribution in [2.75, 3.05) is 13.2 Å². The van der Waals surface area contributed by atoms with Gasteiger partial charge in [-0.05, 0) is 6.42 Å². The van der Waals surface area contributed by atoms with Gasteiger partial charge in [-0.3, -0.25) is 9.59 Å². The fourth-order valence-corrected chi connectivity index (χ4v) is 1.36. The lowest BCUT2D eigenvalue weighted by Gasteiger charge is -2.20. The van der Waals surface area contributed by atoms with Crippen LogP contribution in [0.2, 0.25) is 0 Å². The van der Waals surface area contributed by atoms with Crippen molar-refractivity contribution in [3.63, 3.8) is 0 Å². The molecule has 1 heterocycles. The number of primary amides is 2. The molecule has 2 amide bonds. The number of rotatable bonds is 3. The monoisotopic (exact) mass is 172 g/mol. The van der Waals surface area contributed by atoms with Gasteiger partial charge in [0.15, 0.2) is 0 Å². The molecule has 4 N–H and O–H groups in total. The number of carbonyl (C=O) groups is 2. The van der Waals surface area contributed by atoms with Gasteiger partial charge in [0.25, 0.3) is 0 Å². The first-order valence-electron chi connectivity index (χ1n) is 3.73. The highest BCUT2D eigenvalue weighted by Crippen LogP contribution is 2.31. The summed E-state index contributed by atoms with van der Waals surface area (Å²) in [5.74, 6) is -1.02. The predicted octanol–water partition coefficient (Wildman–Crippen LogP) is -1.25. The lowest BCUT2D eigenvalue weighted by Crippen LogP contribution is -2.40. The third-order valence-electron chi connectivity index (χ3n) is 2.14. The molecule has 68 valence electrons. The van der Waals surface area contributed by atoms with Crippen molar-refractivity contribution in [1.29, 1.82) is 0 Å². The molecule has 5 nitrogen and oxygen atoms in total. The van der Waals surface area contributed by atoms with E-state index in [1.165, 1.54) is 0 Å². The Kier molecular flexibility index (Phi) is 2.32. The third-order valence-corrected chi connectivity index (χ3v) is 2.14. The Morgan fingerprint density at radius 2 is 2.08 bits per heavy atom. The van der Waals surface area contributed by atoms with Crippen LogP contribution < -0.4 is 11.5 Å². The van der Waals surface area contributed by atoms with Crippen LogP contribution in [0.5, 0.6) is 0 Å². The van der Waals surface area contributed by atoms with Gasteiger partial charge in [0.05, 0.1) is 12.0 Å². The Morgan fingerprint density at radius 3 is 2.42 bits per heavy atom. The maximum Gasteiger partial charge on any atom is 0.226 e. The molecule has 0 saturated carbocycles. The first-order valence-corrected chi connectivity index (χ1v) is 3.73. The van der Waals surface area contributed by atoms with Crippen LogP contribution in [0.3, 0.4) is 0 Å². The summed E-state index contributed by atoms with van der Waals surface area (Å²) in [5, 5.41) is 0. The lowest BCUT2D eigenvalue weighted by atomic mass is 9.83. The molecule has 0 aromatic heterocycles. The topological polar surface area (TPSA) is 95.4 Å². The second-order valence-electron chi connectivity index (χ2n) is 3.09. The van der Waals surface area contributed by atoms with E-state index in [1.54, 1.807) is 0 Å². The van der Waals surface area contributed by atoms with Crippen LogP contribution in [0.1, 0.15) is 12.8 Å². The Morgan fingerprint density at radius 1 is 1.42 bits per heavy atom. The zero-order valence-electron chi connectivity index (χ0n) is 6.71. The first kappa shape index (κ1) is 8.99. The van der Waals surface area contributed by atoms with Crippen LogP contribution in [0, 0.1) is 5.41 Å². The molecule has 0 aliphatic carbocycles. The molecular weight excluding hydrogens is 160 g/mol. The van der Waals surface area contributed by atoms with Gasteiger partial charge in [0, 0.05) is 13.0 Å². The minimum Gasteiger partial charge on any atom is -0.380 e. The number of carbonyl (C=O) groups excluding carboxylic acids is 2.